The fourth-order valence-electron chi connectivity index (χ4n) is 3.86. The Kier molecular flexibility index (Phi) is 6.02. The maximum atomic E-state index is 13.0. The van der Waals surface area contributed by atoms with E-state index in [9.17, 15) is 19.2 Å². The number of nitrogens with one attached hydrogen (secondary N) is 3. The molecule has 2 aromatic carbocycles. The van der Waals surface area contributed by atoms with Gasteiger partial charge >= 0.3 is 0 Å². The number of hydrazine groups is 1. The summed E-state index contributed by atoms with van der Waals surface area (Å²) < 4.78 is 0. The molecule has 1 aliphatic heterocycles. The Morgan fingerprint density at radius 1 is 0.969 bits per heavy atom. The van der Waals surface area contributed by atoms with E-state index in [1.54, 1.807) is 55.5 Å². The van der Waals surface area contributed by atoms with Crippen LogP contribution in [0.2, 0.25) is 0 Å². The van der Waals surface area contributed by atoms with Crippen LogP contribution < -0.4 is 21.1 Å². The second-order valence-corrected chi connectivity index (χ2v) is 7.79. The van der Waals surface area contributed by atoms with Gasteiger partial charge in [0.2, 0.25) is 17.7 Å². The Hall–Kier alpha value is -3.94. The number of hydrogen-bond donors (Lipinski definition) is 3. The monoisotopic (exact) mass is 432 g/mol. The number of carbonyl (C=O) groups excluding carboxylic acids is 4. The van der Waals surface area contributed by atoms with E-state index in [2.05, 4.69) is 16.1 Å². The molecule has 1 fully saturated rings. The van der Waals surface area contributed by atoms with Gasteiger partial charge in [-0.05, 0) is 55.3 Å². The fraction of sp³-hybridized carbons (Fsp3) is 0.250. The van der Waals surface area contributed by atoms with E-state index < -0.39 is 5.92 Å². The number of anilines is 3. The molecule has 0 bridgehead atoms. The van der Waals surface area contributed by atoms with E-state index in [1.165, 1.54) is 5.01 Å². The molecule has 2 atom stereocenters. The van der Waals surface area contributed by atoms with Crippen molar-refractivity contribution in [1.29, 1.82) is 0 Å². The number of allylic oxidation sites excluding steroid dienone is 2. The van der Waals surface area contributed by atoms with Crippen LogP contribution in [0.15, 0.2) is 60.7 Å². The molecule has 3 N–H and O–H groups in total. The molecule has 2 unspecified atom stereocenters. The van der Waals surface area contributed by atoms with Gasteiger partial charge in [-0.2, -0.15) is 0 Å². The third-order valence-corrected chi connectivity index (χ3v) is 5.64. The van der Waals surface area contributed by atoms with Crippen molar-refractivity contribution >= 4 is 40.7 Å². The van der Waals surface area contributed by atoms with Crippen molar-refractivity contribution in [2.75, 3.05) is 15.6 Å². The normalized spacial score (nSPS) is 19.7. The minimum absolute atomic E-state index is 0.0893. The van der Waals surface area contributed by atoms with Crippen molar-refractivity contribution in [3.8, 4) is 0 Å². The highest BCUT2D eigenvalue weighted by Gasteiger charge is 2.42. The summed E-state index contributed by atoms with van der Waals surface area (Å²) in [7, 11) is 0. The lowest BCUT2D eigenvalue weighted by atomic mass is 9.80. The molecule has 0 saturated carbocycles. The lowest BCUT2D eigenvalue weighted by molar-refractivity contribution is -0.139. The molecule has 32 heavy (non-hydrogen) atoms. The third kappa shape index (κ3) is 4.39. The molecule has 1 saturated heterocycles. The van der Waals surface area contributed by atoms with Gasteiger partial charge in [-0.3, -0.25) is 24.6 Å². The topological polar surface area (TPSA) is 108 Å². The molecule has 2 aliphatic rings. The Labute approximate surface area is 185 Å². The summed E-state index contributed by atoms with van der Waals surface area (Å²) in [5, 5.41) is 6.78. The zero-order valence-corrected chi connectivity index (χ0v) is 17.6. The van der Waals surface area contributed by atoms with Gasteiger partial charge in [-0.15, -0.1) is 0 Å². The van der Waals surface area contributed by atoms with Gasteiger partial charge in [0.05, 0.1) is 17.5 Å². The first kappa shape index (κ1) is 21.3. The van der Waals surface area contributed by atoms with E-state index >= 15 is 0 Å². The molecule has 1 heterocycles. The summed E-state index contributed by atoms with van der Waals surface area (Å²) in [6, 6.07) is 13.3. The summed E-state index contributed by atoms with van der Waals surface area (Å²) in [5.41, 5.74) is 4.66. The van der Waals surface area contributed by atoms with Gasteiger partial charge in [-0.25, -0.2) is 5.01 Å². The molecule has 0 aromatic heterocycles. The maximum absolute atomic E-state index is 13.0. The van der Waals surface area contributed by atoms with Gasteiger partial charge < -0.3 is 10.6 Å². The SMILES string of the molecule is CCC(=O)Nc1ccc(NC(=O)c2cccc(N3NC(=O)C4CC=CCC4C3=O)c2)cc1. The molecule has 2 aromatic rings. The molecule has 8 nitrogen and oxygen atoms in total. The molecule has 4 rings (SSSR count). The molecule has 0 spiro atoms. The van der Waals surface area contributed by atoms with Gasteiger partial charge in [0.25, 0.3) is 5.91 Å². The van der Waals surface area contributed by atoms with Crippen molar-refractivity contribution in [3.63, 3.8) is 0 Å². The smallest absolute Gasteiger partial charge is 0.255 e. The summed E-state index contributed by atoms with van der Waals surface area (Å²) in [6.45, 7) is 1.77. The van der Waals surface area contributed by atoms with Crippen molar-refractivity contribution in [2.24, 2.45) is 11.8 Å². The van der Waals surface area contributed by atoms with Crippen molar-refractivity contribution in [2.45, 2.75) is 26.2 Å². The largest absolute Gasteiger partial charge is 0.326 e. The van der Waals surface area contributed by atoms with Crippen LogP contribution in [0.3, 0.4) is 0 Å². The number of rotatable bonds is 5. The fourth-order valence-corrected chi connectivity index (χ4v) is 3.86. The van der Waals surface area contributed by atoms with E-state index in [0.29, 0.717) is 41.9 Å². The van der Waals surface area contributed by atoms with Gasteiger partial charge in [0, 0.05) is 23.4 Å². The zero-order valence-electron chi connectivity index (χ0n) is 17.6. The second-order valence-electron chi connectivity index (χ2n) is 7.79. The average molecular weight is 432 g/mol. The minimum atomic E-state index is -0.391. The number of benzene rings is 2. The highest BCUT2D eigenvalue weighted by atomic mass is 16.2. The maximum Gasteiger partial charge on any atom is 0.255 e. The first-order chi connectivity index (χ1) is 15.5. The van der Waals surface area contributed by atoms with E-state index in [1.807, 2.05) is 12.2 Å². The highest BCUT2D eigenvalue weighted by Crippen LogP contribution is 2.32. The number of fused-ring (bicyclic) bond motifs is 1. The number of amides is 4. The predicted molar refractivity (Wildman–Crippen MR) is 121 cm³/mol. The molecular formula is C24H24N4O4. The summed E-state index contributed by atoms with van der Waals surface area (Å²) in [6.07, 6.45) is 5.33. The van der Waals surface area contributed by atoms with Crippen molar-refractivity contribution in [3.05, 3.63) is 66.2 Å². The van der Waals surface area contributed by atoms with Crippen LogP contribution in [-0.2, 0) is 14.4 Å². The summed E-state index contributed by atoms with van der Waals surface area (Å²) >= 11 is 0. The standard InChI is InChI=1S/C24H24N4O4/c1-2-21(29)25-16-10-12-17(13-11-16)26-22(30)15-6-5-7-18(14-15)28-24(32)20-9-4-3-8-19(20)23(31)27-28/h3-7,10-14,19-20H,2,8-9H2,1H3,(H,25,29)(H,26,30)(H,27,31). The molecule has 8 heteroatoms. The predicted octanol–water partition coefficient (Wildman–Crippen LogP) is 3.25. The molecule has 164 valence electrons. The Balaban J connectivity index is 1.47. The lowest BCUT2D eigenvalue weighted by Gasteiger charge is -2.38. The van der Waals surface area contributed by atoms with Crippen LogP contribution in [-0.4, -0.2) is 23.6 Å². The number of carbonyl (C=O) groups is 4. The Morgan fingerprint density at radius 2 is 1.62 bits per heavy atom. The average Bonchev–Trinajstić information content (AvgIpc) is 2.82. The number of nitrogens with zero attached hydrogens (tertiary/aromatic N) is 1. The van der Waals surface area contributed by atoms with Crippen LogP contribution in [0.25, 0.3) is 0 Å². The molecule has 1 aliphatic carbocycles. The van der Waals surface area contributed by atoms with Crippen molar-refractivity contribution < 1.29 is 19.2 Å². The third-order valence-electron chi connectivity index (χ3n) is 5.64. The van der Waals surface area contributed by atoms with Crippen LogP contribution in [0.5, 0.6) is 0 Å². The van der Waals surface area contributed by atoms with E-state index in [4.69, 9.17) is 0 Å². The second kappa shape index (κ2) is 9.05. The molecule has 4 amide bonds. The quantitative estimate of drug-likeness (QED) is 0.631. The Bertz CT molecular complexity index is 1090. The molecule has 0 radical (unpaired) electrons. The zero-order chi connectivity index (χ0) is 22.7. The van der Waals surface area contributed by atoms with Gasteiger partial charge in [0.15, 0.2) is 0 Å². The molecular weight excluding hydrogens is 408 g/mol. The summed E-state index contributed by atoms with van der Waals surface area (Å²) in [4.78, 5) is 49.7. The Morgan fingerprint density at radius 3 is 2.31 bits per heavy atom. The van der Waals surface area contributed by atoms with Gasteiger partial charge in [-0.1, -0.05) is 25.1 Å². The van der Waals surface area contributed by atoms with Crippen LogP contribution in [0, 0.1) is 11.8 Å². The van der Waals surface area contributed by atoms with Gasteiger partial charge in [0.1, 0.15) is 0 Å². The van der Waals surface area contributed by atoms with Crippen LogP contribution >= 0.6 is 0 Å². The summed E-state index contributed by atoms with van der Waals surface area (Å²) in [5.74, 6) is -1.55. The van der Waals surface area contributed by atoms with Crippen LogP contribution in [0.1, 0.15) is 36.5 Å². The van der Waals surface area contributed by atoms with Crippen LogP contribution in [0.4, 0.5) is 17.1 Å². The number of hydrogen-bond acceptors (Lipinski definition) is 4. The first-order valence-corrected chi connectivity index (χ1v) is 10.6. The first-order valence-electron chi connectivity index (χ1n) is 10.6. The lowest BCUT2D eigenvalue weighted by Crippen LogP contribution is -2.59. The van der Waals surface area contributed by atoms with Crippen molar-refractivity contribution in [1.82, 2.24) is 5.43 Å². The highest BCUT2D eigenvalue weighted by molar-refractivity contribution is 6.07. The van der Waals surface area contributed by atoms with E-state index in [-0.39, 0.29) is 29.5 Å². The van der Waals surface area contributed by atoms with E-state index in [0.717, 1.165) is 0 Å². The minimum Gasteiger partial charge on any atom is -0.326 e.